The van der Waals surface area contributed by atoms with Crippen molar-refractivity contribution in [2.75, 3.05) is 7.05 Å². The molecule has 2 nitrogen and oxygen atoms in total. The van der Waals surface area contributed by atoms with Gasteiger partial charge in [0.15, 0.2) is 0 Å². The van der Waals surface area contributed by atoms with Crippen LogP contribution in [-0.4, -0.2) is 29.6 Å². The first-order valence-electron chi connectivity index (χ1n) is 3.84. The Morgan fingerprint density at radius 2 is 2.40 bits per heavy atom. The van der Waals surface area contributed by atoms with E-state index in [1.165, 1.54) is 0 Å². The molecule has 0 saturated carbocycles. The van der Waals surface area contributed by atoms with Crippen molar-refractivity contribution in [1.29, 1.82) is 0 Å². The maximum atomic E-state index is 6.11. The molecule has 2 heteroatoms. The van der Waals surface area contributed by atoms with E-state index < -0.39 is 0 Å². The maximum Gasteiger partial charge on any atom is 0.0513 e. The van der Waals surface area contributed by atoms with Crippen LogP contribution in [0.15, 0.2) is 12.2 Å². The highest BCUT2D eigenvalue weighted by atomic mass is 15.2. The molecule has 0 aromatic rings. The summed E-state index contributed by atoms with van der Waals surface area (Å²) in [5.74, 6) is 0. The second kappa shape index (κ2) is 1.63. The summed E-state index contributed by atoms with van der Waals surface area (Å²) in [6.45, 7) is 2.20. The lowest BCUT2D eigenvalue weighted by Crippen LogP contribution is -2.48. The van der Waals surface area contributed by atoms with Crippen molar-refractivity contribution in [1.82, 2.24) is 4.90 Å². The second-order valence-corrected chi connectivity index (χ2v) is 3.58. The van der Waals surface area contributed by atoms with Crippen LogP contribution >= 0.6 is 0 Å². The Hall–Kier alpha value is -0.340. The van der Waals surface area contributed by atoms with Crippen molar-refractivity contribution in [3.63, 3.8) is 0 Å². The first-order chi connectivity index (χ1) is 4.63. The quantitative estimate of drug-likeness (QED) is 0.489. The molecule has 2 N–H and O–H groups in total. The zero-order valence-electron chi connectivity index (χ0n) is 6.54. The van der Waals surface area contributed by atoms with E-state index in [4.69, 9.17) is 5.73 Å². The van der Waals surface area contributed by atoms with Gasteiger partial charge in [0.25, 0.3) is 0 Å². The van der Waals surface area contributed by atoms with Crippen LogP contribution in [0.1, 0.15) is 13.3 Å². The molecule has 0 radical (unpaired) electrons. The third-order valence-corrected chi connectivity index (χ3v) is 3.10. The average Bonchev–Trinajstić information content (AvgIpc) is 2.35. The van der Waals surface area contributed by atoms with Crippen molar-refractivity contribution < 1.29 is 0 Å². The molecule has 0 spiro atoms. The predicted octanol–water partition coefficient (Wildman–Crippen LogP) is 0.346. The molecule has 2 rings (SSSR count). The summed E-state index contributed by atoms with van der Waals surface area (Å²) >= 11 is 0. The summed E-state index contributed by atoms with van der Waals surface area (Å²) in [7, 11) is 2.15. The van der Waals surface area contributed by atoms with Gasteiger partial charge in [-0.3, -0.25) is 4.90 Å². The van der Waals surface area contributed by atoms with Crippen LogP contribution < -0.4 is 5.73 Å². The average molecular weight is 138 g/mol. The highest BCUT2D eigenvalue weighted by Crippen LogP contribution is 2.37. The van der Waals surface area contributed by atoms with Crippen LogP contribution in [0.4, 0.5) is 0 Å². The summed E-state index contributed by atoms with van der Waals surface area (Å²) < 4.78 is 0. The van der Waals surface area contributed by atoms with Crippen molar-refractivity contribution in [2.45, 2.75) is 31.0 Å². The van der Waals surface area contributed by atoms with Crippen LogP contribution in [0, 0.1) is 0 Å². The summed E-state index contributed by atoms with van der Waals surface area (Å²) in [5.41, 5.74) is 6.09. The Morgan fingerprint density at radius 3 is 2.70 bits per heavy atom. The van der Waals surface area contributed by atoms with Crippen molar-refractivity contribution in [3.8, 4) is 0 Å². The number of rotatable bonds is 0. The molecule has 0 unspecified atom stereocenters. The highest BCUT2D eigenvalue weighted by molar-refractivity contribution is 5.27. The molecule has 2 aliphatic rings. The molecule has 1 fully saturated rings. The lowest BCUT2D eigenvalue weighted by Gasteiger charge is -2.30. The SMILES string of the molecule is C[C@H]1N(C)[C@@H]2C=C[C@@]1(N)C2. The van der Waals surface area contributed by atoms with Gasteiger partial charge in [0.1, 0.15) is 0 Å². The Morgan fingerprint density at radius 1 is 1.70 bits per heavy atom. The van der Waals surface area contributed by atoms with Gasteiger partial charge in [-0.05, 0) is 20.4 Å². The summed E-state index contributed by atoms with van der Waals surface area (Å²) in [6, 6.07) is 1.13. The molecule has 0 amide bonds. The number of likely N-dealkylation sites (tertiary alicyclic amines) is 1. The summed E-state index contributed by atoms with van der Waals surface area (Å²) in [5, 5.41) is 0. The van der Waals surface area contributed by atoms with Gasteiger partial charge < -0.3 is 5.73 Å². The highest BCUT2D eigenvalue weighted by Gasteiger charge is 2.46. The Balaban J connectivity index is 2.35. The molecule has 0 aromatic carbocycles. The first kappa shape index (κ1) is 6.38. The van der Waals surface area contributed by atoms with Gasteiger partial charge in [0, 0.05) is 12.1 Å². The topological polar surface area (TPSA) is 29.3 Å². The van der Waals surface area contributed by atoms with E-state index >= 15 is 0 Å². The number of likely N-dealkylation sites (N-methyl/N-ethyl adjacent to an activating group) is 1. The van der Waals surface area contributed by atoms with Crippen molar-refractivity contribution in [3.05, 3.63) is 12.2 Å². The number of nitrogens with zero attached hydrogens (tertiary/aromatic N) is 1. The van der Waals surface area contributed by atoms with E-state index in [1.54, 1.807) is 0 Å². The number of hydrogen-bond donors (Lipinski definition) is 1. The largest absolute Gasteiger partial charge is 0.321 e. The first-order valence-corrected chi connectivity index (χ1v) is 3.84. The van der Waals surface area contributed by atoms with Crippen LogP contribution in [0.3, 0.4) is 0 Å². The van der Waals surface area contributed by atoms with E-state index in [-0.39, 0.29) is 5.54 Å². The fraction of sp³-hybridized carbons (Fsp3) is 0.750. The predicted molar refractivity (Wildman–Crippen MR) is 41.7 cm³/mol. The monoisotopic (exact) mass is 138 g/mol. The molecular weight excluding hydrogens is 124 g/mol. The van der Waals surface area contributed by atoms with Crippen LogP contribution in [0.2, 0.25) is 0 Å². The van der Waals surface area contributed by atoms with Gasteiger partial charge in [-0.25, -0.2) is 0 Å². The van der Waals surface area contributed by atoms with Crippen molar-refractivity contribution >= 4 is 0 Å². The lowest BCUT2D eigenvalue weighted by atomic mass is 9.95. The molecule has 1 saturated heterocycles. The van der Waals surface area contributed by atoms with Crippen LogP contribution in [0.5, 0.6) is 0 Å². The van der Waals surface area contributed by atoms with Gasteiger partial charge in [0.05, 0.1) is 5.54 Å². The van der Waals surface area contributed by atoms with Gasteiger partial charge in [-0.15, -0.1) is 0 Å². The number of fused-ring (bicyclic) bond motifs is 2. The fourth-order valence-corrected chi connectivity index (χ4v) is 2.04. The smallest absolute Gasteiger partial charge is 0.0513 e. The summed E-state index contributed by atoms with van der Waals surface area (Å²) in [6.07, 6.45) is 5.51. The molecule has 1 heterocycles. The third-order valence-electron chi connectivity index (χ3n) is 3.10. The summed E-state index contributed by atoms with van der Waals surface area (Å²) in [4.78, 5) is 2.35. The second-order valence-electron chi connectivity index (χ2n) is 3.58. The molecule has 0 aromatic heterocycles. The zero-order valence-corrected chi connectivity index (χ0v) is 6.54. The van der Waals surface area contributed by atoms with E-state index in [0.29, 0.717) is 12.1 Å². The Kier molecular flexibility index (Phi) is 1.04. The zero-order chi connectivity index (χ0) is 7.35. The Bertz CT molecular complexity index is 188. The molecule has 10 heavy (non-hydrogen) atoms. The minimum atomic E-state index is -0.0145. The van der Waals surface area contributed by atoms with Crippen molar-refractivity contribution in [2.24, 2.45) is 5.73 Å². The van der Waals surface area contributed by atoms with Crippen LogP contribution in [-0.2, 0) is 0 Å². The third kappa shape index (κ3) is 0.559. The van der Waals surface area contributed by atoms with E-state index in [2.05, 4.69) is 31.0 Å². The normalized spacial score (nSPS) is 52.7. The lowest BCUT2D eigenvalue weighted by molar-refractivity contribution is 0.251. The number of hydrogen-bond acceptors (Lipinski definition) is 2. The standard InChI is InChI=1S/C8H14N2/c1-6-8(9)4-3-7(5-8)10(6)2/h3-4,6-7H,5,9H2,1-2H3/t6-,7-,8-/m1/s1. The molecule has 1 aliphatic heterocycles. The Labute approximate surface area is 61.7 Å². The van der Waals surface area contributed by atoms with Gasteiger partial charge >= 0.3 is 0 Å². The maximum absolute atomic E-state index is 6.11. The molecule has 2 bridgehead atoms. The number of nitrogens with two attached hydrogens (primary N) is 1. The molecule has 3 atom stereocenters. The van der Waals surface area contributed by atoms with E-state index in [0.717, 1.165) is 6.42 Å². The van der Waals surface area contributed by atoms with E-state index in [1.807, 2.05) is 0 Å². The van der Waals surface area contributed by atoms with Gasteiger partial charge in [-0.1, -0.05) is 12.2 Å². The van der Waals surface area contributed by atoms with Crippen LogP contribution in [0.25, 0.3) is 0 Å². The molecule has 1 aliphatic carbocycles. The minimum Gasteiger partial charge on any atom is -0.321 e. The molecule has 56 valence electrons. The minimum absolute atomic E-state index is 0.0145. The van der Waals surface area contributed by atoms with Gasteiger partial charge in [-0.2, -0.15) is 0 Å². The van der Waals surface area contributed by atoms with Gasteiger partial charge in [0.2, 0.25) is 0 Å². The van der Waals surface area contributed by atoms with E-state index in [9.17, 15) is 0 Å². The fourth-order valence-electron chi connectivity index (χ4n) is 2.04. The molecular formula is C8H14N2.